The smallest absolute Gasteiger partial charge is 0.223 e. The minimum absolute atomic E-state index is 0.964. The van der Waals surface area contributed by atoms with Crippen molar-refractivity contribution in [2.45, 2.75) is 13.8 Å². The van der Waals surface area contributed by atoms with Gasteiger partial charge in [0.05, 0.1) is 16.5 Å². The molecule has 1 aliphatic rings. The van der Waals surface area contributed by atoms with Gasteiger partial charge in [0.15, 0.2) is 0 Å². The topological polar surface area (TPSA) is 7.94 Å². The van der Waals surface area contributed by atoms with Gasteiger partial charge < -0.3 is 4.57 Å². The summed E-state index contributed by atoms with van der Waals surface area (Å²) in [6, 6.07) is 22.0. The molecule has 2 heteroatoms. The number of hydrogen-bond acceptors (Lipinski definition) is 0. The molecule has 0 amide bonds. The molecule has 0 unspecified atom stereocenters. The number of aryl methyl sites for hydroxylation is 1. The van der Waals surface area contributed by atoms with Crippen LogP contribution in [0.4, 0.5) is 5.69 Å². The molecule has 3 aromatic carbocycles. The number of rotatable bonds is 2. The molecule has 0 saturated carbocycles. The zero-order valence-corrected chi connectivity index (χ0v) is 14.9. The summed E-state index contributed by atoms with van der Waals surface area (Å²) in [4.78, 5) is 0. The van der Waals surface area contributed by atoms with Crippen LogP contribution >= 0.6 is 0 Å². The van der Waals surface area contributed by atoms with Gasteiger partial charge in [-0.05, 0) is 31.4 Å². The van der Waals surface area contributed by atoms with Crippen LogP contribution in [0.3, 0.4) is 0 Å². The highest BCUT2D eigenvalue weighted by Crippen LogP contribution is 2.39. The standard InChI is InChI=1S/C23H21N2/c1-4-25-20-14-8-10-16-9-7-12-18(22(16)20)23(25)21-15(2)24(3)19-13-6-5-11-17(19)21/h5-14H,4H2,1-3H3/q+1. The first-order valence-electron chi connectivity index (χ1n) is 8.93. The maximum absolute atomic E-state index is 2.48. The van der Waals surface area contributed by atoms with Gasteiger partial charge in [-0.1, -0.05) is 42.5 Å². The Hall–Kier alpha value is -2.87. The summed E-state index contributed by atoms with van der Waals surface area (Å²) in [6.45, 7) is 5.44. The maximum atomic E-state index is 2.48. The fourth-order valence-electron chi connectivity index (χ4n) is 4.43. The molecule has 4 aromatic rings. The van der Waals surface area contributed by atoms with E-state index < -0.39 is 0 Å². The van der Waals surface area contributed by atoms with Crippen LogP contribution in [0, 0.1) is 6.92 Å². The zero-order chi connectivity index (χ0) is 17.1. The Morgan fingerprint density at radius 2 is 1.68 bits per heavy atom. The SMILES string of the molecule is CC[N+]1=C(c2c(C)n(C)c3ccccc23)c2cccc3cccc1c23. The summed E-state index contributed by atoms with van der Waals surface area (Å²) < 4.78 is 4.79. The average Bonchev–Trinajstić information content (AvgIpc) is 3.09. The van der Waals surface area contributed by atoms with Gasteiger partial charge in [0.25, 0.3) is 0 Å². The molecule has 0 aliphatic carbocycles. The molecule has 0 saturated heterocycles. The van der Waals surface area contributed by atoms with Gasteiger partial charge in [-0.25, -0.2) is 0 Å². The minimum atomic E-state index is 0.964. The second-order valence-electron chi connectivity index (χ2n) is 6.81. The fourth-order valence-corrected chi connectivity index (χ4v) is 4.43. The lowest BCUT2D eigenvalue weighted by Crippen LogP contribution is -2.16. The van der Waals surface area contributed by atoms with Crippen LogP contribution in [0.15, 0.2) is 60.7 Å². The molecule has 0 N–H and O–H groups in total. The Morgan fingerprint density at radius 3 is 2.48 bits per heavy atom. The number of aromatic nitrogens is 1. The van der Waals surface area contributed by atoms with Crippen molar-refractivity contribution in [3.8, 4) is 0 Å². The summed E-state index contributed by atoms with van der Waals surface area (Å²) in [5, 5.41) is 4.04. The number of fused-ring (bicyclic) bond motifs is 1. The van der Waals surface area contributed by atoms with Crippen molar-refractivity contribution < 1.29 is 4.58 Å². The van der Waals surface area contributed by atoms with Crippen molar-refractivity contribution in [1.82, 2.24) is 4.57 Å². The lowest BCUT2D eigenvalue weighted by molar-refractivity contribution is -0.431. The predicted octanol–water partition coefficient (Wildman–Crippen LogP) is 5.15. The van der Waals surface area contributed by atoms with Crippen LogP contribution in [-0.2, 0) is 7.05 Å². The number of hydrogen-bond donors (Lipinski definition) is 0. The normalized spacial score (nSPS) is 13.4. The lowest BCUT2D eigenvalue weighted by Gasteiger charge is -2.04. The van der Waals surface area contributed by atoms with Crippen LogP contribution in [0.2, 0.25) is 0 Å². The van der Waals surface area contributed by atoms with Crippen molar-refractivity contribution in [2.24, 2.45) is 7.05 Å². The fraction of sp³-hybridized carbons (Fsp3) is 0.174. The Labute approximate surface area is 147 Å². The molecule has 0 spiro atoms. The van der Waals surface area contributed by atoms with E-state index in [1.54, 1.807) is 0 Å². The van der Waals surface area contributed by atoms with Gasteiger partial charge in [0.1, 0.15) is 6.54 Å². The molecule has 25 heavy (non-hydrogen) atoms. The highest BCUT2D eigenvalue weighted by molar-refractivity contribution is 6.26. The summed E-state index contributed by atoms with van der Waals surface area (Å²) in [7, 11) is 2.17. The third-order valence-electron chi connectivity index (χ3n) is 5.65. The van der Waals surface area contributed by atoms with E-state index in [9.17, 15) is 0 Å². The monoisotopic (exact) mass is 325 g/mol. The molecule has 1 aromatic heterocycles. The molecule has 0 fully saturated rings. The highest BCUT2D eigenvalue weighted by Gasteiger charge is 2.34. The van der Waals surface area contributed by atoms with Gasteiger partial charge in [0, 0.05) is 29.7 Å². The van der Waals surface area contributed by atoms with E-state index in [1.807, 2.05) is 0 Å². The Morgan fingerprint density at radius 1 is 0.920 bits per heavy atom. The Bertz CT molecular complexity index is 1190. The molecule has 0 radical (unpaired) electrons. The average molecular weight is 325 g/mol. The predicted molar refractivity (Wildman–Crippen MR) is 105 cm³/mol. The van der Waals surface area contributed by atoms with Gasteiger partial charge >= 0.3 is 0 Å². The van der Waals surface area contributed by atoms with Crippen molar-refractivity contribution in [2.75, 3.05) is 6.54 Å². The molecule has 5 rings (SSSR count). The van der Waals surface area contributed by atoms with Crippen molar-refractivity contribution >= 4 is 33.1 Å². The second-order valence-corrected chi connectivity index (χ2v) is 6.81. The van der Waals surface area contributed by atoms with Gasteiger partial charge in [-0.15, -0.1) is 0 Å². The molecule has 1 aliphatic heterocycles. The quantitative estimate of drug-likeness (QED) is 0.450. The number of benzene rings is 3. The van der Waals surface area contributed by atoms with E-state index in [1.165, 1.54) is 49.9 Å². The highest BCUT2D eigenvalue weighted by atomic mass is 15.0. The van der Waals surface area contributed by atoms with Crippen molar-refractivity contribution in [3.63, 3.8) is 0 Å². The van der Waals surface area contributed by atoms with Gasteiger partial charge in [-0.3, -0.25) is 0 Å². The van der Waals surface area contributed by atoms with Crippen LogP contribution in [0.5, 0.6) is 0 Å². The lowest BCUT2D eigenvalue weighted by atomic mass is 9.96. The van der Waals surface area contributed by atoms with Crippen molar-refractivity contribution in [3.05, 3.63) is 77.5 Å². The first-order valence-corrected chi connectivity index (χ1v) is 8.93. The van der Waals surface area contributed by atoms with E-state index in [0.29, 0.717) is 0 Å². The summed E-state index contributed by atoms with van der Waals surface area (Å²) in [5.41, 5.74) is 8.01. The molecule has 2 heterocycles. The van der Waals surface area contributed by atoms with E-state index in [0.717, 1.165) is 6.54 Å². The molecule has 2 nitrogen and oxygen atoms in total. The molecular weight excluding hydrogens is 304 g/mol. The summed E-state index contributed by atoms with van der Waals surface area (Å²) in [5.74, 6) is 0. The number of nitrogens with zero attached hydrogens (tertiary/aromatic N) is 2. The third-order valence-corrected chi connectivity index (χ3v) is 5.65. The largest absolute Gasteiger partial charge is 0.347 e. The van der Waals surface area contributed by atoms with E-state index in [-0.39, 0.29) is 0 Å². The molecule has 122 valence electrons. The summed E-state index contributed by atoms with van der Waals surface area (Å²) >= 11 is 0. The van der Waals surface area contributed by atoms with Crippen LogP contribution < -0.4 is 0 Å². The van der Waals surface area contributed by atoms with Crippen molar-refractivity contribution in [1.29, 1.82) is 0 Å². The minimum Gasteiger partial charge on any atom is -0.347 e. The van der Waals surface area contributed by atoms with Gasteiger partial charge in [-0.2, -0.15) is 4.58 Å². The molecule has 0 bridgehead atoms. The van der Waals surface area contributed by atoms with Crippen LogP contribution in [-0.4, -0.2) is 21.4 Å². The van der Waals surface area contributed by atoms with E-state index in [2.05, 4.69) is 90.7 Å². The summed E-state index contributed by atoms with van der Waals surface area (Å²) in [6.07, 6.45) is 0. The Balaban J connectivity index is 1.96. The third kappa shape index (κ3) is 1.77. The second kappa shape index (κ2) is 5.06. The zero-order valence-electron chi connectivity index (χ0n) is 14.9. The molecule has 0 atom stereocenters. The maximum Gasteiger partial charge on any atom is 0.223 e. The van der Waals surface area contributed by atoms with Crippen LogP contribution in [0.25, 0.3) is 21.7 Å². The number of para-hydroxylation sites is 1. The van der Waals surface area contributed by atoms with Gasteiger partial charge in [0.2, 0.25) is 11.4 Å². The van der Waals surface area contributed by atoms with E-state index in [4.69, 9.17) is 0 Å². The first kappa shape index (κ1) is 14.5. The first-order chi connectivity index (χ1) is 12.2. The Kier molecular flexibility index (Phi) is 2.93. The van der Waals surface area contributed by atoms with Crippen LogP contribution in [0.1, 0.15) is 23.7 Å². The van der Waals surface area contributed by atoms with E-state index >= 15 is 0 Å². The molecular formula is C23H21N2+.